The van der Waals surface area contributed by atoms with Crippen LogP contribution in [-0.2, 0) is 9.53 Å². The minimum atomic E-state index is -0.564. The van der Waals surface area contributed by atoms with Crippen molar-refractivity contribution in [2.75, 3.05) is 6.54 Å². The maximum absolute atomic E-state index is 11.9. The summed E-state index contributed by atoms with van der Waals surface area (Å²) in [6, 6.07) is -0.551. The first-order valence-corrected chi connectivity index (χ1v) is 6.48. The molecule has 0 rings (SSSR count). The molecule has 0 aromatic carbocycles. The molecule has 0 bridgehead atoms. The van der Waals surface area contributed by atoms with Gasteiger partial charge in [-0.2, -0.15) is 0 Å². The SMILES string of the molecule is CCNC(=O)[C@H](NC(=O)OC(C)(C)C)C(C)CC. The molecule has 2 N–H and O–H groups in total. The Morgan fingerprint density at radius 2 is 1.78 bits per heavy atom. The first-order valence-electron chi connectivity index (χ1n) is 6.48. The van der Waals surface area contributed by atoms with Crippen LogP contribution in [0.15, 0.2) is 0 Å². The number of carbonyl (C=O) groups excluding carboxylic acids is 2. The lowest BCUT2D eigenvalue weighted by molar-refractivity contribution is -0.124. The molecule has 0 spiro atoms. The van der Waals surface area contributed by atoms with Gasteiger partial charge < -0.3 is 15.4 Å². The summed E-state index contributed by atoms with van der Waals surface area (Å²) in [6.45, 7) is 11.7. The van der Waals surface area contributed by atoms with E-state index in [2.05, 4.69) is 10.6 Å². The van der Waals surface area contributed by atoms with Gasteiger partial charge in [0.1, 0.15) is 11.6 Å². The van der Waals surface area contributed by atoms with Gasteiger partial charge in [-0.15, -0.1) is 0 Å². The van der Waals surface area contributed by atoms with Gasteiger partial charge in [0.2, 0.25) is 5.91 Å². The number of amides is 2. The highest BCUT2D eigenvalue weighted by Gasteiger charge is 2.27. The number of hydrogen-bond acceptors (Lipinski definition) is 3. The van der Waals surface area contributed by atoms with Crippen molar-refractivity contribution in [3.63, 3.8) is 0 Å². The number of rotatable bonds is 5. The van der Waals surface area contributed by atoms with E-state index in [1.807, 2.05) is 20.8 Å². The zero-order valence-corrected chi connectivity index (χ0v) is 12.3. The van der Waals surface area contributed by atoms with E-state index in [1.54, 1.807) is 20.8 Å². The van der Waals surface area contributed by atoms with Crippen molar-refractivity contribution in [2.24, 2.45) is 5.92 Å². The first kappa shape index (κ1) is 16.7. The lowest BCUT2D eigenvalue weighted by Gasteiger charge is -2.26. The Hall–Kier alpha value is -1.26. The summed E-state index contributed by atoms with van der Waals surface area (Å²) in [5.74, 6) is -0.109. The quantitative estimate of drug-likeness (QED) is 0.793. The van der Waals surface area contributed by atoms with Gasteiger partial charge >= 0.3 is 6.09 Å². The van der Waals surface area contributed by atoms with Gasteiger partial charge in [0, 0.05) is 6.54 Å². The minimum absolute atomic E-state index is 0.0593. The van der Waals surface area contributed by atoms with Crippen LogP contribution in [0.3, 0.4) is 0 Å². The van der Waals surface area contributed by atoms with Gasteiger partial charge in [0.25, 0.3) is 0 Å². The molecule has 0 aromatic rings. The highest BCUT2D eigenvalue weighted by atomic mass is 16.6. The van der Waals surface area contributed by atoms with Crippen molar-refractivity contribution in [1.82, 2.24) is 10.6 Å². The summed E-state index contributed by atoms with van der Waals surface area (Å²) in [7, 11) is 0. The second-order valence-corrected chi connectivity index (χ2v) is 5.40. The third kappa shape index (κ3) is 6.47. The second kappa shape index (κ2) is 7.24. The van der Waals surface area contributed by atoms with Crippen LogP contribution >= 0.6 is 0 Å². The molecular formula is C13H26N2O3. The van der Waals surface area contributed by atoms with Crippen LogP contribution in [0.4, 0.5) is 4.79 Å². The van der Waals surface area contributed by atoms with Crippen LogP contribution in [0.5, 0.6) is 0 Å². The molecule has 1 unspecified atom stereocenters. The molecule has 106 valence electrons. The summed E-state index contributed by atoms with van der Waals surface area (Å²) >= 11 is 0. The molecule has 5 heteroatoms. The Kier molecular flexibility index (Phi) is 6.73. The molecule has 2 amide bonds. The molecule has 0 aliphatic heterocycles. The van der Waals surface area contributed by atoms with E-state index in [0.29, 0.717) is 6.54 Å². The highest BCUT2D eigenvalue weighted by Crippen LogP contribution is 2.11. The maximum Gasteiger partial charge on any atom is 0.408 e. The summed E-state index contributed by atoms with van der Waals surface area (Å²) in [6.07, 6.45) is 0.247. The van der Waals surface area contributed by atoms with E-state index in [4.69, 9.17) is 4.74 Å². The molecule has 2 atom stereocenters. The lowest BCUT2D eigenvalue weighted by atomic mass is 9.98. The van der Waals surface area contributed by atoms with Gasteiger partial charge in [-0.1, -0.05) is 20.3 Å². The van der Waals surface area contributed by atoms with E-state index in [-0.39, 0.29) is 11.8 Å². The third-order valence-electron chi connectivity index (χ3n) is 2.52. The fraction of sp³-hybridized carbons (Fsp3) is 0.846. The largest absolute Gasteiger partial charge is 0.444 e. The number of hydrogen-bond donors (Lipinski definition) is 2. The Labute approximate surface area is 110 Å². The Balaban J connectivity index is 4.59. The number of nitrogens with one attached hydrogen (secondary N) is 2. The topological polar surface area (TPSA) is 67.4 Å². The molecule has 0 saturated heterocycles. The van der Waals surface area contributed by atoms with Crippen LogP contribution in [0.1, 0.15) is 48.0 Å². The van der Waals surface area contributed by atoms with Crippen molar-refractivity contribution in [2.45, 2.75) is 59.6 Å². The summed E-state index contributed by atoms with van der Waals surface area (Å²) < 4.78 is 5.16. The van der Waals surface area contributed by atoms with Gasteiger partial charge in [0.15, 0.2) is 0 Å². The van der Waals surface area contributed by atoms with E-state index >= 15 is 0 Å². The molecule has 0 fully saturated rings. The van der Waals surface area contributed by atoms with Gasteiger partial charge in [-0.25, -0.2) is 4.79 Å². The normalized spacial score (nSPS) is 14.6. The van der Waals surface area contributed by atoms with E-state index in [1.165, 1.54) is 0 Å². The molecule has 0 aromatic heterocycles. The van der Waals surface area contributed by atoms with Crippen molar-refractivity contribution >= 4 is 12.0 Å². The van der Waals surface area contributed by atoms with E-state index in [9.17, 15) is 9.59 Å². The number of carbonyl (C=O) groups is 2. The average molecular weight is 258 g/mol. The molecule has 0 aliphatic rings. The standard InChI is InChI=1S/C13H26N2O3/c1-7-9(3)10(11(16)14-8-2)15-12(17)18-13(4,5)6/h9-10H,7-8H2,1-6H3,(H,14,16)(H,15,17)/t9?,10-/m1/s1. The van der Waals surface area contributed by atoms with Gasteiger partial charge in [-0.05, 0) is 33.6 Å². The molecule has 18 heavy (non-hydrogen) atoms. The predicted molar refractivity (Wildman–Crippen MR) is 71.3 cm³/mol. The first-order chi connectivity index (χ1) is 8.21. The van der Waals surface area contributed by atoms with Crippen LogP contribution in [-0.4, -0.2) is 30.2 Å². The molecule has 0 saturated carbocycles. The monoisotopic (exact) mass is 258 g/mol. The van der Waals surface area contributed by atoms with Crippen molar-refractivity contribution in [3.8, 4) is 0 Å². The molecule has 5 nitrogen and oxygen atoms in total. The lowest BCUT2D eigenvalue weighted by Crippen LogP contribution is -2.51. The van der Waals surface area contributed by atoms with Gasteiger partial charge in [-0.3, -0.25) is 4.79 Å². The minimum Gasteiger partial charge on any atom is -0.444 e. The zero-order chi connectivity index (χ0) is 14.3. The third-order valence-corrected chi connectivity index (χ3v) is 2.52. The summed E-state index contributed by atoms with van der Waals surface area (Å²) in [5.41, 5.74) is -0.564. The van der Waals surface area contributed by atoms with Crippen LogP contribution in [0.2, 0.25) is 0 Å². The van der Waals surface area contributed by atoms with Crippen LogP contribution in [0, 0.1) is 5.92 Å². The Bertz CT molecular complexity index is 284. The molecular weight excluding hydrogens is 232 g/mol. The zero-order valence-electron chi connectivity index (χ0n) is 12.3. The smallest absolute Gasteiger partial charge is 0.408 e. The van der Waals surface area contributed by atoms with Crippen molar-refractivity contribution < 1.29 is 14.3 Å². The molecule has 0 radical (unpaired) electrons. The summed E-state index contributed by atoms with van der Waals surface area (Å²) in [5, 5.41) is 5.36. The average Bonchev–Trinajstić information content (AvgIpc) is 2.22. The van der Waals surface area contributed by atoms with E-state index in [0.717, 1.165) is 6.42 Å². The fourth-order valence-electron chi connectivity index (χ4n) is 1.42. The predicted octanol–water partition coefficient (Wildman–Crippen LogP) is 2.06. The maximum atomic E-state index is 11.9. The Morgan fingerprint density at radius 3 is 2.17 bits per heavy atom. The van der Waals surface area contributed by atoms with Crippen molar-refractivity contribution in [1.29, 1.82) is 0 Å². The van der Waals surface area contributed by atoms with Crippen LogP contribution in [0.25, 0.3) is 0 Å². The number of alkyl carbamates (subject to hydrolysis) is 1. The fourth-order valence-corrected chi connectivity index (χ4v) is 1.42. The van der Waals surface area contributed by atoms with Crippen LogP contribution < -0.4 is 10.6 Å². The Morgan fingerprint density at radius 1 is 1.22 bits per heavy atom. The highest BCUT2D eigenvalue weighted by molar-refractivity contribution is 5.85. The molecule has 0 heterocycles. The molecule has 0 aliphatic carbocycles. The van der Waals surface area contributed by atoms with Crippen molar-refractivity contribution in [3.05, 3.63) is 0 Å². The van der Waals surface area contributed by atoms with Gasteiger partial charge in [0.05, 0.1) is 0 Å². The number of ether oxygens (including phenoxy) is 1. The second-order valence-electron chi connectivity index (χ2n) is 5.40. The number of likely N-dealkylation sites (N-methyl/N-ethyl adjacent to an activating group) is 1. The van der Waals surface area contributed by atoms with E-state index < -0.39 is 17.7 Å². The summed E-state index contributed by atoms with van der Waals surface area (Å²) in [4.78, 5) is 23.5.